The summed E-state index contributed by atoms with van der Waals surface area (Å²) in [5.74, 6) is 1.66. The quantitative estimate of drug-likeness (QED) is 0.0419. The molecular weight excluding hydrogens is 1040 g/mol. The second kappa shape index (κ2) is 72.3. The predicted octanol–water partition coefficient (Wildman–Crippen LogP) is 16.4. The highest BCUT2D eigenvalue weighted by molar-refractivity contribution is 8.00. The highest BCUT2D eigenvalue weighted by Gasteiger charge is 2.01. The number of hydrogen-bond acceptors (Lipinski definition) is 12. The van der Waals surface area contributed by atoms with Crippen molar-refractivity contribution in [1.82, 2.24) is 0 Å². The molecule has 0 atom stereocenters. The number of carbonyl (C=O) groups excluding carboxylic acids is 4. The van der Waals surface area contributed by atoms with Crippen LogP contribution in [0.3, 0.4) is 0 Å². The fourth-order valence-corrected chi connectivity index (χ4v) is 11.5. The van der Waals surface area contributed by atoms with Gasteiger partial charge in [0.2, 0.25) is 0 Å². The third kappa shape index (κ3) is 78.5. The summed E-state index contributed by atoms with van der Waals surface area (Å²) in [6, 6.07) is 0. The molecule has 0 heterocycles. The summed E-state index contributed by atoms with van der Waals surface area (Å²) in [4.78, 5) is 41.6. The van der Waals surface area contributed by atoms with E-state index in [2.05, 4.69) is 54.0 Å². The van der Waals surface area contributed by atoms with Crippen molar-refractivity contribution < 1.29 is 39.6 Å². The number of carboxylic acid groups (broad SMARTS) is 4. The molecule has 0 bridgehead atoms. The van der Waals surface area contributed by atoms with Crippen molar-refractivity contribution in [3.8, 4) is 0 Å². The van der Waals surface area contributed by atoms with Crippen LogP contribution in [0.1, 0.15) is 292 Å². The molecule has 8 nitrogen and oxygen atoms in total. The van der Waals surface area contributed by atoms with Crippen LogP contribution in [-0.4, -0.2) is 69.9 Å². The van der Waals surface area contributed by atoms with E-state index in [4.69, 9.17) is 0 Å². The van der Waals surface area contributed by atoms with Crippen LogP contribution >= 0.6 is 47.0 Å². The van der Waals surface area contributed by atoms with Gasteiger partial charge in [-0.2, -0.15) is 47.0 Å². The Bertz CT molecular complexity index is 1160. The molecule has 0 rings (SSSR count). The molecule has 0 aromatic heterocycles. The Labute approximate surface area is 494 Å². The number of carboxylic acids is 4. The van der Waals surface area contributed by atoms with Gasteiger partial charge in [0.05, 0.1) is 23.9 Å². The van der Waals surface area contributed by atoms with Crippen LogP contribution in [0, 0.1) is 0 Å². The summed E-state index contributed by atoms with van der Waals surface area (Å²) in [6.07, 6.45) is 53.5. The Morgan fingerprint density at radius 3 is 0.481 bits per heavy atom. The zero-order valence-electron chi connectivity index (χ0n) is 49.7. The molecule has 0 saturated carbocycles. The van der Waals surface area contributed by atoms with Gasteiger partial charge in [0.1, 0.15) is 0 Å². The van der Waals surface area contributed by atoms with Gasteiger partial charge in [0.15, 0.2) is 0 Å². The van der Waals surface area contributed by atoms with E-state index in [1.54, 1.807) is 47.0 Å². The van der Waals surface area contributed by atoms with E-state index in [1.165, 1.54) is 257 Å². The van der Waals surface area contributed by atoms with Crippen LogP contribution in [0.5, 0.6) is 0 Å². The van der Waals surface area contributed by atoms with Gasteiger partial charge in [-0.25, -0.2) is 0 Å². The maximum absolute atomic E-state index is 10.4. The molecule has 0 fully saturated rings. The lowest BCUT2D eigenvalue weighted by Crippen LogP contribution is -2.24. The smallest absolute Gasteiger partial charge is 0.0677 e. The van der Waals surface area contributed by atoms with Crippen LogP contribution in [0.25, 0.3) is 0 Å². The summed E-state index contributed by atoms with van der Waals surface area (Å²) in [5.41, 5.74) is 0.823. The monoisotopic (exact) mass is 1160 g/mol. The SMILES string of the molecule is C.C=C(CSCCCCCCCCCCCC)C(=O)[O-].C=C(CSCCCCCCCCCCCC)C(=O)[O-].C=C(CSCCCCCCCCCCCC)C(=O)[O-].C=C(CSCCCCCCCCCCCC)C(=O)[O-]. The van der Waals surface area contributed by atoms with Gasteiger partial charge in [0, 0.05) is 23.0 Å². The van der Waals surface area contributed by atoms with Crippen molar-refractivity contribution >= 4 is 70.9 Å². The molecule has 0 amide bonds. The molecule has 77 heavy (non-hydrogen) atoms. The van der Waals surface area contributed by atoms with Crippen molar-refractivity contribution in [1.29, 1.82) is 0 Å². The van der Waals surface area contributed by atoms with E-state index in [1.807, 2.05) is 0 Å². The summed E-state index contributed by atoms with van der Waals surface area (Å²) in [7, 11) is 0. The minimum Gasteiger partial charge on any atom is -0.545 e. The largest absolute Gasteiger partial charge is 0.545 e. The van der Waals surface area contributed by atoms with E-state index < -0.39 is 23.9 Å². The van der Waals surface area contributed by atoms with Gasteiger partial charge >= 0.3 is 0 Å². The number of carbonyl (C=O) groups is 4. The topological polar surface area (TPSA) is 161 Å². The Morgan fingerprint density at radius 1 is 0.247 bits per heavy atom. The first-order valence-electron chi connectivity index (χ1n) is 30.6. The molecule has 0 aliphatic heterocycles. The van der Waals surface area contributed by atoms with Gasteiger partial charge in [-0.15, -0.1) is 0 Å². The summed E-state index contributed by atoms with van der Waals surface area (Å²) in [5, 5.41) is 41.6. The van der Waals surface area contributed by atoms with Crippen molar-refractivity contribution in [3.05, 3.63) is 48.6 Å². The minimum absolute atomic E-state index is 0. The van der Waals surface area contributed by atoms with Crippen LogP contribution in [0.2, 0.25) is 0 Å². The molecule has 0 aromatic carbocycles. The highest BCUT2D eigenvalue weighted by atomic mass is 32.2. The minimum atomic E-state index is -1.12. The molecule has 0 spiro atoms. The average molecular weight is 1160 g/mol. The van der Waals surface area contributed by atoms with Crippen molar-refractivity contribution in [3.63, 3.8) is 0 Å². The van der Waals surface area contributed by atoms with Crippen molar-refractivity contribution in [2.45, 2.75) is 292 Å². The molecule has 0 unspecified atom stereocenters. The first kappa shape index (κ1) is 84.1. The molecule has 0 aliphatic carbocycles. The second-order valence-corrected chi connectivity index (χ2v) is 24.9. The van der Waals surface area contributed by atoms with E-state index >= 15 is 0 Å². The molecule has 0 saturated heterocycles. The molecule has 0 aliphatic rings. The van der Waals surface area contributed by atoms with E-state index in [0.717, 1.165) is 23.0 Å². The predicted molar refractivity (Wildman–Crippen MR) is 340 cm³/mol. The fraction of sp³-hybridized carbons (Fsp3) is 0.815. The average Bonchev–Trinajstić information content (AvgIpc) is 3.40. The molecule has 456 valence electrons. The third-order valence-electron chi connectivity index (χ3n) is 12.8. The fourth-order valence-electron chi connectivity index (χ4n) is 7.78. The molecule has 12 heteroatoms. The lowest BCUT2D eigenvalue weighted by Gasteiger charge is -2.06. The Hall–Kier alpha value is -1.76. The Morgan fingerprint density at radius 2 is 0.364 bits per heavy atom. The molecule has 0 N–H and O–H groups in total. The lowest BCUT2D eigenvalue weighted by atomic mass is 10.1. The first-order chi connectivity index (χ1) is 36.7. The van der Waals surface area contributed by atoms with Gasteiger partial charge in [0.25, 0.3) is 0 Å². The lowest BCUT2D eigenvalue weighted by molar-refractivity contribution is -0.300. The maximum atomic E-state index is 10.4. The maximum Gasteiger partial charge on any atom is 0.0677 e. The van der Waals surface area contributed by atoms with Gasteiger partial charge < -0.3 is 39.6 Å². The standard InChI is InChI=1S/4C16H30O2S.CH4/c4*1-3-4-5-6-7-8-9-10-11-12-13-19-14-15(2)16(17)18;/h4*2-14H2,1H3,(H,17,18);1H4/p-4. The number of unbranched alkanes of at least 4 members (excludes halogenated alkanes) is 36. The number of hydrogen-bond donors (Lipinski definition) is 0. The van der Waals surface area contributed by atoms with Crippen LogP contribution < -0.4 is 20.4 Å². The number of aliphatic carboxylic acids is 4. The Balaban J connectivity index is -0.000000298. The van der Waals surface area contributed by atoms with Crippen LogP contribution in [-0.2, 0) is 19.2 Å². The van der Waals surface area contributed by atoms with Gasteiger partial charge in [-0.05, 0) is 71.0 Å². The molecule has 0 radical (unpaired) electrons. The number of thioether (sulfide) groups is 4. The zero-order valence-corrected chi connectivity index (χ0v) is 52.9. The van der Waals surface area contributed by atoms with Crippen molar-refractivity contribution in [2.24, 2.45) is 0 Å². The summed E-state index contributed by atoms with van der Waals surface area (Å²) in [6.45, 7) is 22.8. The molecular formula is C65H120O8S4-4. The number of rotatable bonds is 56. The van der Waals surface area contributed by atoms with Gasteiger partial charge in [-0.1, -0.05) is 293 Å². The normalized spacial score (nSPS) is 10.4. The summed E-state index contributed by atoms with van der Waals surface area (Å²) < 4.78 is 0. The van der Waals surface area contributed by atoms with E-state index in [-0.39, 0.29) is 29.7 Å². The zero-order chi connectivity index (χ0) is 57.4. The third-order valence-corrected chi connectivity index (χ3v) is 17.3. The first-order valence-corrected chi connectivity index (χ1v) is 35.2. The van der Waals surface area contributed by atoms with E-state index in [9.17, 15) is 39.6 Å². The van der Waals surface area contributed by atoms with Crippen LogP contribution in [0.15, 0.2) is 48.6 Å². The Kier molecular flexibility index (Phi) is 78.9. The second-order valence-electron chi connectivity index (χ2n) is 20.5. The van der Waals surface area contributed by atoms with Crippen molar-refractivity contribution in [2.75, 3.05) is 46.0 Å². The summed E-state index contributed by atoms with van der Waals surface area (Å²) >= 11 is 6.59. The molecule has 0 aromatic rings. The van der Waals surface area contributed by atoms with Gasteiger partial charge in [-0.3, -0.25) is 0 Å². The van der Waals surface area contributed by atoms with E-state index in [0.29, 0.717) is 23.0 Å². The highest BCUT2D eigenvalue weighted by Crippen LogP contribution is 2.18. The van der Waals surface area contributed by atoms with Crippen LogP contribution in [0.4, 0.5) is 0 Å².